The second-order valence-electron chi connectivity index (χ2n) is 7.23. The monoisotopic (exact) mass is 426 g/mol. The van der Waals surface area contributed by atoms with E-state index in [1.807, 2.05) is 37.3 Å². The number of benzene rings is 1. The van der Waals surface area contributed by atoms with Crippen LogP contribution in [0.2, 0.25) is 0 Å². The Kier molecular flexibility index (Phi) is 6.14. The highest BCUT2D eigenvalue weighted by molar-refractivity contribution is 6.00. The molecular formula is C20H26N8O3. The maximum absolute atomic E-state index is 12.6. The first-order chi connectivity index (χ1) is 14.7. The van der Waals surface area contributed by atoms with Crippen molar-refractivity contribution in [1.82, 2.24) is 24.9 Å². The van der Waals surface area contributed by atoms with Gasteiger partial charge in [0.15, 0.2) is 11.5 Å². The molecule has 1 amide bonds. The van der Waals surface area contributed by atoms with Gasteiger partial charge < -0.3 is 21.3 Å². The Labute approximate surface area is 178 Å². The molecule has 6 N–H and O–H groups in total. The van der Waals surface area contributed by atoms with Crippen molar-refractivity contribution in [1.29, 1.82) is 0 Å². The van der Waals surface area contributed by atoms with E-state index in [0.29, 0.717) is 6.42 Å². The van der Waals surface area contributed by atoms with Crippen LogP contribution in [-0.4, -0.2) is 44.9 Å². The SMILES string of the molecule is CCC(Nc1c(Nc2c(N)c(C(=O)N(C)C)nn2C)c(=O)[nH][nH]c1=O)c1ccccc1. The molecule has 1 aromatic carbocycles. The average molecular weight is 426 g/mol. The highest BCUT2D eigenvalue weighted by Crippen LogP contribution is 2.29. The molecule has 0 bridgehead atoms. The molecule has 3 aromatic rings. The smallest absolute Gasteiger partial charge is 0.288 e. The lowest BCUT2D eigenvalue weighted by Gasteiger charge is -2.20. The number of rotatable bonds is 7. The molecule has 11 nitrogen and oxygen atoms in total. The average Bonchev–Trinajstić information content (AvgIpc) is 3.04. The van der Waals surface area contributed by atoms with E-state index in [4.69, 9.17) is 5.73 Å². The summed E-state index contributed by atoms with van der Waals surface area (Å²) < 4.78 is 1.35. The van der Waals surface area contributed by atoms with Crippen LogP contribution < -0.4 is 27.5 Å². The van der Waals surface area contributed by atoms with Crippen molar-refractivity contribution < 1.29 is 4.79 Å². The summed E-state index contributed by atoms with van der Waals surface area (Å²) in [5.74, 6) is -0.161. The number of hydrogen-bond acceptors (Lipinski definition) is 7. The third-order valence-corrected chi connectivity index (χ3v) is 4.86. The summed E-state index contributed by atoms with van der Waals surface area (Å²) in [6.07, 6.45) is 0.672. The zero-order valence-electron chi connectivity index (χ0n) is 17.8. The van der Waals surface area contributed by atoms with Crippen LogP contribution in [0.3, 0.4) is 0 Å². The maximum Gasteiger partial charge on any atom is 0.288 e. The number of nitrogens with two attached hydrogens (primary N) is 1. The van der Waals surface area contributed by atoms with Gasteiger partial charge >= 0.3 is 0 Å². The Morgan fingerprint density at radius 1 is 1.16 bits per heavy atom. The van der Waals surface area contributed by atoms with E-state index in [2.05, 4.69) is 25.9 Å². The van der Waals surface area contributed by atoms with E-state index < -0.39 is 11.1 Å². The third-order valence-electron chi connectivity index (χ3n) is 4.86. The number of nitrogen functional groups attached to an aromatic ring is 1. The molecule has 0 fully saturated rings. The lowest BCUT2D eigenvalue weighted by Crippen LogP contribution is -2.27. The molecule has 0 aliphatic rings. The van der Waals surface area contributed by atoms with E-state index in [9.17, 15) is 14.4 Å². The molecule has 31 heavy (non-hydrogen) atoms. The zero-order valence-corrected chi connectivity index (χ0v) is 17.8. The Morgan fingerprint density at radius 3 is 2.35 bits per heavy atom. The molecule has 1 atom stereocenters. The Morgan fingerprint density at radius 2 is 1.77 bits per heavy atom. The van der Waals surface area contributed by atoms with Crippen molar-refractivity contribution in [2.24, 2.45) is 7.05 Å². The van der Waals surface area contributed by atoms with E-state index in [0.717, 1.165) is 5.56 Å². The second kappa shape index (κ2) is 8.78. The number of carbonyl (C=O) groups is 1. The van der Waals surface area contributed by atoms with Crippen LogP contribution in [0.4, 0.5) is 22.9 Å². The molecular weight excluding hydrogens is 400 g/mol. The molecule has 11 heteroatoms. The number of carbonyl (C=O) groups excluding carboxylic acids is 1. The van der Waals surface area contributed by atoms with Crippen molar-refractivity contribution in [3.63, 3.8) is 0 Å². The summed E-state index contributed by atoms with van der Waals surface area (Å²) in [5, 5.41) is 14.8. The molecule has 0 saturated heterocycles. The van der Waals surface area contributed by atoms with Gasteiger partial charge in [-0.2, -0.15) is 5.10 Å². The van der Waals surface area contributed by atoms with Crippen LogP contribution in [0.15, 0.2) is 39.9 Å². The molecule has 0 spiro atoms. The molecule has 1 unspecified atom stereocenters. The number of hydrogen-bond donors (Lipinski definition) is 5. The van der Waals surface area contributed by atoms with Crippen molar-refractivity contribution in [2.75, 3.05) is 30.5 Å². The van der Waals surface area contributed by atoms with Gasteiger partial charge in [-0.3, -0.25) is 24.6 Å². The number of nitrogens with zero attached hydrogens (tertiary/aromatic N) is 3. The van der Waals surface area contributed by atoms with Crippen molar-refractivity contribution in [3.05, 3.63) is 62.3 Å². The first-order valence-corrected chi connectivity index (χ1v) is 9.72. The van der Waals surface area contributed by atoms with Gasteiger partial charge in [-0.15, -0.1) is 0 Å². The van der Waals surface area contributed by atoms with E-state index in [1.54, 1.807) is 21.1 Å². The topological polar surface area (TPSA) is 154 Å². The number of aromatic amines is 2. The highest BCUT2D eigenvalue weighted by atomic mass is 16.2. The maximum atomic E-state index is 12.6. The largest absolute Gasteiger partial charge is 0.394 e. The van der Waals surface area contributed by atoms with Crippen LogP contribution in [0.5, 0.6) is 0 Å². The molecule has 0 aliphatic carbocycles. The molecule has 0 radical (unpaired) electrons. The zero-order chi connectivity index (χ0) is 22.7. The predicted octanol–water partition coefficient (Wildman–Crippen LogP) is 1.39. The fourth-order valence-corrected chi connectivity index (χ4v) is 3.18. The fourth-order valence-electron chi connectivity index (χ4n) is 3.18. The van der Waals surface area contributed by atoms with Crippen LogP contribution in [0.25, 0.3) is 0 Å². The first-order valence-electron chi connectivity index (χ1n) is 9.72. The minimum absolute atomic E-state index is 0.0308. The number of aryl methyl sites for hydroxylation is 1. The minimum atomic E-state index is -0.564. The number of anilines is 4. The summed E-state index contributed by atoms with van der Waals surface area (Å²) in [6, 6.07) is 9.38. The summed E-state index contributed by atoms with van der Waals surface area (Å²) in [6.45, 7) is 1.97. The quantitative estimate of drug-likeness (QED) is 0.382. The van der Waals surface area contributed by atoms with E-state index in [1.165, 1.54) is 9.58 Å². The van der Waals surface area contributed by atoms with Crippen LogP contribution >= 0.6 is 0 Å². The summed E-state index contributed by atoms with van der Waals surface area (Å²) in [4.78, 5) is 38.9. The second-order valence-corrected chi connectivity index (χ2v) is 7.23. The van der Waals surface area contributed by atoms with Gasteiger partial charge in [-0.05, 0) is 12.0 Å². The van der Waals surface area contributed by atoms with Gasteiger partial charge in [0.05, 0.1) is 6.04 Å². The van der Waals surface area contributed by atoms with Gasteiger partial charge in [0.1, 0.15) is 17.1 Å². The summed E-state index contributed by atoms with van der Waals surface area (Å²) >= 11 is 0. The summed E-state index contributed by atoms with van der Waals surface area (Å²) in [7, 11) is 4.75. The molecule has 164 valence electrons. The van der Waals surface area contributed by atoms with Gasteiger partial charge in [-0.25, -0.2) is 4.68 Å². The molecule has 2 aromatic heterocycles. The Bertz CT molecular complexity index is 1190. The van der Waals surface area contributed by atoms with E-state index in [-0.39, 0.29) is 40.5 Å². The Balaban J connectivity index is 2.04. The molecule has 0 aliphatic heterocycles. The lowest BCUT2D eigenvalue weighted by atomic mass is 10.0. The number of nitrogens with one attached hydrogen (secondary N) is 4. The number of H-pyrrole nitrogens is 2. The van der Waals surface area contributed by atoms with Crippen molar-refractivity contribution >= 4 is 28.8 Å². The fraction of sp³-hybridized carbons (Fsp3) is 0.300. The normalized spacial score (nSPS) is 11.7. The van der Waals surface area contributed by atoms with Gasteiger partial charge in [-0.1, -0.05) is 37.3 Å². The van der Waals surface area contributed by atoms with Crippen molar-refractivity contribution in [3.8, 4) is 0 Å². The van der Waals surface area contributed by atoms with Gasteiger partial charge in [0.25, 0.3) is 17.0 Å². The lowest BCUT2D eigenvalue weighted by molar-refractivity contribution is 0.0822. The van der Waals surface area contributed by atoms with Crippen LogP contribution in [-0.2, 0) is 7.05 Å². The number of aromatic nitrogens is 4. The van der Waals surface area contributed by atoms with Crippen molar-refractivity contribution in [2.45, 2.75) is 19.4 Å². The van der Waals surface area contributed by atoms with E-state index >= 15 is 0 Å². The third kappa shape index (κ3) is 4.29. The predicted molar refractivity (Wildman–Crippen MR) is 120 cm³/mol. The van der Waals surface area contributed by atoms with Crippen LogP contribution in [0.1, 0.15) is 35.4 Å². The molecule has 0 saturated carbocycles. The molecule has 3 rings (SSSR count). The Hall–Kier alpha value is -4.02. The first kappa shape index (κ1) is 21.7. The minimum Gasteiger partial charge on any atom is -0.394 e. The van der Waals surface area contributed by atoms with Gasteiger partial charge in [0.2, 0.25) is 0 Å². The number of amides is 1. The van der Waals surface area contributed by atoms with Gasteiger partial charge in [0, 0.05) is 21.1 Å². The van der Waals surface area contributed by atoms with Crippen LogP contribution in [0, 0.1) is 0 Å². The highest BCUT2D eigenvalue weighted by Gasteiger charge is 2.24. The summed E-state index contributed by atoms with van der Waals surface area (Å²) in [5.41, 5.74) is 6.17. The standard InChI is InChI=1S/C20H26N8O3/c1-5-12(11-9-7-6-8-10-11)22-15-16(19(30)25-24-18(15)29)23-17-13(21)14(26-28(17)4)20(31)27(2)3/h6-10,12H,5,21H2,1-4H3,(H2,22,25,30)(H2,23,24,29). The molecule has 2 heterocycles.